The number of carbonyl (C=O) groups is 2. The van der Waals surface area contributed by atoms with Crippen LogP contribution in [-0.2, 0) is 4.79 Å². The van der Waals surface area contributed by atoms with Crippen molar-refractivity contribution in [2.75, 3.05) is 24.9 Å². The predicted octanol–water partition coefficient (Wildman–Crippen LogP) is 4.36. The van der Waals surface area contributed by atoms with Crippen LogP contribution in [0.3, 0.4) is 0 Å². The van der Waals surface area contributed by atoms with E-state index in [0.29, 0.717) is 34.2 Å². The first-order valence-corrected chi connectivity index (χ1v) is 9.66. The number of benzene rings is 3. The summed E-state index contributed by atoms with van der Waals surface area (Å²) in [5, 5.41) is 5.60. The third-order valence-corrected chi connectivity index (χ3v) is 4.52. The molecule has 0 aromatic heterocycles. The molecule has 3 rings (SSSR count). The van der Waals surface area contributed by atoms with Gasteiger partial charge in [-0.25, -0.2) is 0 Å². The minimum atomic E-state index is -0.752. The number of hydrogen-bond donors (Lipinski definition) is 2. The van der Waals surface area contributed by atoms with Gasteiger partial charge < -0.3 is 24.8 Å². The van der Waals surface area contributed by atoms with Crippen molar-refractivity contribution < 1.29 is 23.8 Å². The molecule has 0 heterocycles. The zero-order valence-corrected chi connectivity index (χ0v) is 17.5. The number of anilines is 2. The van der Waals surface area contributed by atoms with Crippen LogP contribution in [0.15, 0.2) is 72.8 Å². The smallest absolute Gasteiger partial charge is 0.265 e. The fourth-order valence-electron chi connectivity index (χ4n) is 2.87. The van der Waals surface area contributed by atoms with Crippen molar-refractivity contribution in [3.05, 3.63) is 78.4 Å². The summed E-state index contributed by atoms with van der Waals surface area (Å²) in [4.78, 5) is 25.0. The van der Waals surface area contributed by atoms with Crippen LogP contribution in [0.25, 0.3) is 0 Å². The molecule has 2 N–H and O–H groups in total. The Kier molecular flexibility index (Phi) is 7.11. The molecule has 3 aromatic carbocycles. The summed E-state index contributed by atoms with van der Waals surface area (Å²) in [5.41, 5.74) is 1.59. The van der Waals surface area contributed by atoms with Crippen LogP contribution in [0.1, 0.15) is 17.3 Å². The largest absolute Gasteiger partial charge is 0.495 e. The lowest BCUT2D eigenvalue weighted by Gasteiger charge is -2.16. The summed E-state index contributed by atoms with van der Waals surface area (Å²) >= 11 is 0. The van der Waals surface area contributed by atoms with E-state index in [1.807, 2.05) is 18.2 Å². The van der Waals surface area contributed by atoms with Crippen LogP contribution in [-0.4, -0.2) is 32.1 Å². The predicted molar refractivity (Wildman–Crippen MR) is 119 cm³/mol. The Balaban J connectivity index is 1.60. The van der Waals surface area contributed by atoms with Crippen molar-refractivity contribution in [1.29, 1.82) is 0 Å². The molecule has 1 atom stereocenters. The SMILES string of the molecule is COc1ccccc1NC(=O)c1ccc(OC(C)C(=O)Nc2ccccc2OC)cc1. The lowest BCUT2D eigenvalue weighted by molar-refractivity contribution is -0.122. The van der Waals surface area contributed by atoms with Crippen molar-refractivity contribution >= 4 is 23.2 Å². The first-order chi connectivity index (χ1) is 15.0. The number of hydrogen-bond acceptors (Lipinski definition) is 5. The summed E-state index contributed by atoms with van der Waals surface area (Å²) in [7, 11) is 3.08. The molecule has 0 aliphatic carbocycles. The molecule has 0 fully saturated rings. The molecule has 31 heavy (non-hydrogen) atoms. The molecule has 2 amide bonds. The topological polar surface area (TPSA) is 85.9 Å². The van der Waals surface area contributed by atoms with Gasteiger partial charge >= 0.3 is 0 Å². The third kappa shape index (κ3) is 5.54. The van der Waals surface area contributed by atoms with Crippen LogP contribution in [0.5, 0.6) is 17.2 Å². The second-order valence-corrected chi connectivity index (χ2v) is 6.63. The standard InChI is InChI=1S/C24H24N2O5/c1-16(23(27)25-19-8-4-6-10-21(19)29-2)31-18-14-12-17(13-15-18)24(28)26-20-9-5-7-11-22(20)30-3/h4-16H,1-3H3,(H,25,27)(H,26,28). The maximum atomic E-state index is 12.5. The molecule has 0 aliphatic heterocycles. The molecular formula is C24H24N2O5. The highest BCUT2D eigenvalue weighted by Crippen LogP contribution is 2.25. The van der Waals surface area contributed by atoms with E-state index in [1.165, 1.54) is 7.11 Å². The fourth-order valence-corrected chi connectivity index (χ4v) is 2.87. The van der Waals surface area contributed by atoms with Crippen molar-refractivity contribution in [1.82, 2.24) is 0 Å². The van der Waals surface area contributed by atoms with E-state index in [0.717, 1.165) is 0 Å². The molecular weight excluding hydrogens is 396 g/mol. The van der Waals surface area contributed by atoms with Gasteiger partial charge in [-0.05, 0) is 55.5 Å². The van der Waals surface area contributed by atoms with Crippen molar-refractivity contribution in [2.45, 2.75) is 13.0 Å². The third-order valence-electron chi connectivity index (χ3n) is 4.52. The maximum Gasteiger partial charge on any atom is 0.265 e. The second-order valence-electron chi connectivity index (χ2n) is 6.63. The van der Waals surface area contributed by atoms with E-state index in [1.54, 1.807) is 68.6 Å². The number of methoxy groups -OCH3 is 2. The zero-order chi connectivity index (χ0) is 22.2. The van der Waals surface area contributed by atoms with Gasteiger partial charge in [0.05, 0.1) is 25.6 Å². The van der Waals surface area contributed by atoms with Gasteiger partial charge in [0, 0.05) is 5.56 Å². The first-order valence-electron chi connectivity index (χ1n) is 9.66. The summed E-state index contributed by atoms with van der Waals surface area (Å²) < 4.78 is 16.2. The molecule has 160 valence electrons. The highest BCUT2D eigenvalue weighted by atomic mass is 16.5. The molecule has 3 aromatic rings. The van der Waals surface area contributed by atoms with Gasteiger partial charge in [0.2, 0.25) is 0 Å². The minimum absolute atomic E-state index is 0.280. The maximum absolute atomic E-state index is 12.5. The van der Waals surface area contributed by atoms with E-state index in [4.69, 9.17) is 14.2 Å². The van der Waals surface area contributed by atoms with E-state index in [-0.39, 0.29) is 11.8 Å². The Labute approximate surface area is 180 Å². The summed E-state index contributed by atoms with van der Waals surface area (Å²) in [6.07, 6.45) is -0.752. The van der Waals surface area contributed by atoms with Crippen molar-refractivity contribution in [3.8, 4) is 17.2 Å². The van der Waals surface area contributed by atoms with Gasteiger partial charge in [-0.3, -0.25) is 9.59 Å². The Morgan fingerprint density at radius 3 is 1.81 bits per heavy atom. The highest BCUT2D eigenvalue weighted by molar-refractivity contribution is 6.05. The van der Waals surface area contributed by atoms with Crippen molar-refractivity contribution in [2.24, 2.45) is 0 Å². The van der Waals surface area contributed by atoms with Crippen LogP contribution < -0.4 is 24.8 Å². The summed E-state index contributed by atoms with van der Waals surface area (Å²) in [5.74, 6) is 1.01. The van der Waals surface area contributed by atoms with Gasteiger partial charge in [0.1, 0.15) is 17.2 Å². The first kappa shape index (κ1) is 21.7. The molecule has 0 spiro atoms. The average molecular weight is 420 g/mol. The van der Waals surface area contributed by atoms with E-state index in [2.05, 4.69) is 10.6 Å². The summed E-state index contributed by atoms with van der Waals surface area (Å²) in [6.45, 7) is 1.65. The molecule has 0 saturated carbocycles. The summed E-state index contributed by atoms with van der Waals surface area (Å²) in [6, 6.07) is 20.8. The number of para-hydroxylation sites is 4. The molecule has 0 aliphatic rings. The highest BCUT2D eigenvalue weighted by Gasteiger charge is 2.17. The van der Waals surface area contributed by atoms with E-state index >= 15 is 0 Å². The Morgan fingerprint density at radius 1 is 0.742 bits per heavy atom. The average Bonchev–Trinajstić information content (AvgIpc) is 2.80. The van der Waals surface area contributed by atoms with E-state index < -0.39 is 6.10 Å². The normalized spacial score (nSPS) is 11.2. The van der Waals surface area contributed by atoms with Crippen LogP contribution >= 0.6 is 0 Å². The molecule has 1 unspecified atom stereocenters. The molecule has 0 saturated heterocycles. The monoisotopic (exact) mass is 420 g/mol. The van der Waals surface area contributed by atoms with Gasteiger partial charge in [-0.1, -0.05) is 24.3 Å². The molecule has 7 nitrogen and oxygen atoms in total. The molecule has 0 radical (unpaired) electrons. The van der Waals surface area contributed by atoms with Gasteiger partial charge in [0.15, 0.2) is 6.10 Å². The molecule has 0 bridgehead atoms. The van der Waals surface area contributed by atoms with Gasteiger partial charge in [-0.2, -0.15) is 0 Å². The lowest BCUT2D eigenvalue weighted by Crippen LogP contribution is -2.30. The van der Waals surface area contributed by atoms with Crippen LogP contribution in [0, 0.1) is 0 Å². The van der Waals surface area contributed by atoms with Crippen molar-refractivity contribution in [3.63, 3.8) is 0 Å². The number of carbonyl (C=O) groups excluding carboxylic acids is 2. The molecule has 7 heteroatoms. The van der Waals surface area contributed by atoms with Gasteiger partial charge in [0.25, 0.3) is 11.8 Å². The van der Waals surface area contributed by atoms with Gasteiger partial charge in [-0.15, -0.1) is 0 Å². The minimum Gasteiger partial charge on any atom is -0.495 e. The van der Waals surface area contributed by atoms with Crippen LogP contribution in [0.2, 0.25) is 0 Å². The number of ether oxygens (including phenoxy) is 3. The fraction of sp³-hybridized carbons (Fsp3) is 0.167. The zero-order valence-electron chi connectivity index (χ0n) is 17.5. The Bertz CT molecular complexity index is 1050. The number of rotatable bonds is 8. The van der Waals surface area contributed by atoms with E-state index in [9.17, 15) is 9.59 Å². The lowest BCUT2D eigenvalue weighted by atomic mass is 10.2. The Morgan fingerprint density at radius 2 is 1.26 bits per heavy atom. The quantitative estimate of drug-likeness (QED) is 0.565. The van der Waals surface area contributed by atoms with Crippen LogP contribution in [0.4, 0.5) is 11.4 Å². The Hall–Kier alpha value is -4.00. The number of amides is 2. The second kappa shape index (κ2) is 10.2. The number of nitrogens with one attached hydrogen (secondary N) is 2.